The van der Waals surface area contributed by atoms with Crippen LogP contribution in [0.15, 0.2) is 48.5 Å². The number of anilines is 1. The van der Waals surface area contributed by atoms with Crippen LogP contribution in [0.25, 0.3) is 0 Å². The summed E-state index contributed by atoms with van der Waals surface area (Å²) in [6.45, 7) is 5.21. The Balaban J connectivity index is 1.38. The van der Waals surface area contributed by atoms with Crippen molar-refractivity contribution in [2.24, 2.45) is 0 Å². The number of nitrogens with zero attached hydrogens (tertiary/aromatic N) is 3. The number of carbonyl (C=O) groups excluding carboxylic acids is 1. The van der Waals surface area contributed by atoms with E-state index < -0.39 is 16.1 Å². The van der Waals surface area contributed by atoms with Crippen molar-refractivity contribution in [3.05, 3.63) is 54.1 Å². The summed E-state index contributed by atoms with van der Waals surface area (Å²) in [5.74, 6) is 1.35. The van der Waals surface area contributed by atoms with Gasteiger partial charge in [-0.15, -0.1) is 0 Å². The standard InChI is InChI=1S/C22H27N3O5S/c1-17(25(31(2,27)28)19-6-4-3-5-7-19)22(26)24-12-10-23(11-13-24)15-18-8-9-20-21(14-18)30-16-29-20/h3-9,14,17H,10-13,15-16H2,1-2H3. The molecule has 2 aliphatic heterocycles. The fraction of sp³-hybridized carbons (Fsp3) is 0.409. The van der Waals surface area contributed by atoms with E-state index in [0.717, 1.165) is 43.0 Å². The summed E-state index contributed by atoms with van der Waals surface area (Å²) < 4.78 is 36.8. The molecule has 166 valence electrons. The van der Waals surface area contributed by atoms with E-state index in [0.29, 0.717) is 18.8 Å². The summed E-state index contributed by atoms with van der Waals surface area (Å²) >= 11 is 0. The number of hydrogen-bond acceptors (Lipinski definition) is 6. The maximum atomic E-state index is 13.1. The highest BCUT2D eigenvalue weighted by atomic mass is 32.2. The number of rotatable bonds is 6. The number of piperazine rings is 1. The predicted molar refractivity (Wildman–Crippen MR) is 118 cm³/mol. The molecule has 0 N–H and O–H groups in total. The SMILES string of the molecule is CC(C(=O)N1CCN(Cc2ccc3c(c2)OCO3)CC1)N(c1ccccc1)S(C)(=O)=O. The highest BCUT2D eigenvalue weighted by Gasteiger charge is 2.33. The summed E-state index contributed by atoms with van der Waals surface area (Å²) in [5.41, 5.74) is 1.62. The average molecular weight is 446 g/mol. The van der Waals surface area contributed by atoms with E-state index in [2.05, 4.69) is 4.90 Å². The lowest BCUT2D eigenvalue weighted by Gasteiger charge is -2.38. The van der Waals surface area contributed by atoms with Crippen LogP contribution < -0.4 is 13.8 Å². The van der Waals surface area contributed by atoms with Crippen molar-refractivity contribution in [2.45, 2.75) is 19.5 Å². The summed E-state index contributed by atoms with van der Waals surface area (Å²) in [5, 5.41) is 0. The molecule has 31 heavy (non-hydrogen) atoms. The van der Waals surface area contributed by atoms with E-state index in [-0.39, 0.29) is 12.7 Å². The molecule has 1 unspecified atom stereocenters. The minimum absolute atomic E-state index is 0.183. The molecule has 0 saturated carbocycles. The fourth-order valence-electron chi connectivity index (χ4n) is 4.07. The molecule has 8 nitrogen and oxygen atoms in total. The fourth-order valence-corrected chi connectivity index (χ4v) is 5.23. The molecule has 1 fully saturated rings. The van der Waals surface area contributed by atoms with Gasteiger partial charge in [-0.1, -0.05) is 24.3 Å². The molecular formula is C22H27N3O5S. The van der Waals surface area contributed by atoms with Crippen molar-refractivity contribution < 1.29 is 22.7 Å². The molecule has 2 heterocycles. The second kappa shape index (κ2) is 8.76. The third-order valence-electron chi connectivity index (χ3n) is 5.60. The highest BCUT2D eigenvalue weighted by Crippen LogP contribution is 2.33. The van der Waals surface area contributed by atoms with Gasteiger partial charge in [-0.2, -0.15) is 0 Å². The van der Waals surface area contributed by atoms with E-state index in [1.165, 1.54) is 4.31 Å². The van der Waals surface area contributed by atoms with Crippen LogP contribution in [-0.2, 0) is 21.4 Å². The van der Waals surface area contributed by atoms with Crippen LogP contribution in [0.2, 0.25) is 0 Å². The molecule has 2 aromatic rings. The van der Waals surface area contributed by atoms with E-state index in [1.54, 1.807) is 36.1 Å². The lowest BCUT2D eigenvalue weighted by atomic mass is 10.1. The van der Waals surface area contributed by atoms with Gasteiger partial charge in [0.2, 0.25) is 22.7 Å². The van der Waals surface area contributed by atoms with Crippen molar-refractivity contribution in [3.8, 4) is 11.5 Å². The Morgan fingerprint density at radius 1 is 1.03 bits per heavy atom. The van der Waals surface area contributed by atoms with Crippen LogP contribution in [0.3, 0.4) is 0 Å². The van der Waals surface area contributed by atoms with E-state index in [4.69, 9.17) is 9.47 Å². The second-order valence-electron chi connectivity index (χ2n) is 7.86. The van der Waals surface area contributed by atoms with Gasteiger partial charge in [-0.25, -0.2) is 8.42 Å². The summed E-state index contributed by atoms with van der Waals surface area (Å²) in [7, 11) is -3.60. The molecule has 0 bridgehead atoms. The number of fused-ring (bicyclic) bond motifs is 1. The molecule has 4 rings (SSSR count). The van der Waals surface area contributed by atoms with Gasteiger partial charge in [-0.3, -0.25) is 14.0 Å². The number of carbonyl (C=O) groups is 1. The quantitative estimate of drug-likeness (QED) is 0.676. The molecule has 1 saturated heterocycles. The Bertz CT molecular complexity index is 1040. The molecule has 0 radical (unpaired) electrons. The van der Waals surface area contributed by atoms with Crippen molar-refractivity contribution in [3.63, 3.8) is 0 Å². The highest BCUT2D eigenvalue weighted by molar-refractivity contribution is 7.92. The minimum atomic E-state index is -3.60. The first kappa shape index (κ1) is 21.5. The van der Waals surface area contributed by atoms with Crippen molar-refractivity contribution in [1.29, 1.82) is 0 Å². The largest absolute Gasteiger partial charge is 0.454 e. The molecule has 1 atom stereocenters. The summed E-state index contributed by atoms with van der Waals surface area (Å²) in [4.78, 5) is 17.2. The van der Waals surface area contributed by atoms with Crippen molar-refractivity contribution in [1.82, 2.24) is 9.80 Å². The maximum Gasteiger partial charge on any atom is 0.246 e. The number of ether oxygens (including phenoxy) is 2. The van der Waals surface area contributed by atoms with Crippen molar-refractivity contribution in [2.75, 3.05) is 43.5 Å². The molecule has 2 aromatic carbocycles. The zero-order valence-corrected chi connectivity index (χ0v) is 18.5. The van der Waals surface area contributed by atoms with Crippen molar-refractivity contribution >= 4 is 21.6 Å². The number of amides is 1. The van der Waals surface area contributed by atoms with Gasteiger partial charge in [0.25, 0.3) is 0 Å². The Morgan fingerprint density at radius 2 is 1.71 bits per heavy atom. The van der Waals surface area contributed by atoms with Gasteiger partial charge < -0.3 is 14.4 Å². The van der Waals surface area contributed by atoms with Crippen LogP contribution in [0, 0.1) is 0 Å². The average Bonchev–Trinajstić information content (AvgIpc) is 3.21. The van der Waals surface area contributed by atoms with Gasteiger partial charge >= 0.3 is 0 Å². The van der Waals surface area contributed by atoms with Crippen LogP contribution in [0.1, 0.15) is 12.5 Å². The van der Waals surface area contributed by atoms with E-state index in [1.807, 2.05) is 24.3 Å². The third kappa shape index (κ3) is 4.77. The van der Waals surface area contributed by atoms with E-state index >= 15 is 0 Å². The first-order valence-corrected chi connectivity index (χ1v) is 12.1. The summed E-state index contributed by atoms with van der Waals surface area (Å²) in [6, 6.07) is 13.9. The molecule has 0 aromatic heterocycles. The normalized spacial score (nSPS) is 17.4. The second-order valence-corrected chi connectivity index (χ2v) is 9.72. The lowest BCUT2D eigenvalue weighted by molar-refractivity contribution is -0.133. The first-order valence-electron chi connectivity index (χ1n) is 10.3. The molecule has 2 aliphatic rings. The monoisotopic (exact) mass is 445 g/mol. The third-order valence-corrected chi connectivity index (χ3v) is 6.85. The number of sulfonamides is 1. The van der Waals surface area contributed by atoms with Gasteiger partial charge in [-0.05, 0) is 36.8 Å². The Morgan fingerprint density at radius 3 is 2.39 bits per heavy atom. The maximum absolute atomic E-state index is 13.1. The van der Waals surface area contributed by atoms with Gasteiger partial charge in [0, 0.05) is 32.7 Å². The van der Waals surface area contributed by atoms with Gasteiger partial charge in [0.1, 0.15) is 6.04 Å². The number of hydrogen-bond donors (Lipinski definition) is 0. The molecular weight excluding hydrogens is 418 g/mol. The molecule has 0 spiro atoms. The van der Waals surface area contributed by atoms with Gasteiger partial charge in [0.05, 0.1) is 11.9 Å². The van der Waals surface area contributed by atoms with Crippen LogP contribution in [0.5, 0.6) is 11.5 Å². The Labute approximate surface area is 183 Å². The smallest absolute Gasteiger partial charge is 0.246 e. The zero-order valence-electron chi connectivity index (χ0n) is 17.7. The predicted octanol–water partition coefficient (Wildman–Crippen LogP) is 1.91. The molecule has 1 amide bonds. The van der Waals surface area contributed by atoms with Gasteiger partial charge in [0.15, 0.2) is 11.5 Å². The molecule has 9 heteroatoms. The number of para-hydroxylation sites is 1. The topological polar surface area (TPSA) is 79.4 Å². The minimum Gasteiger partial charge on any atom is -0.454 e. The van der Waals surface area contributed by atoms with Crippen LogP contribution in [0.4, 0.5) is 5.69 Å². The molecule has 0 aliphatic carbocycles. The van der Waals surface area contributed by atoms with E-state index in [9.17, 15) is 13.2 Å². The Hall–Kier alpha value is -2.78. The Kier molecular flexibility index (Phi) is 6.06. The number of benzene rings is 2. The van der Waals surface area contributed by atoms with Crippen LogP contribution >= 0.6 is 0 Å². The lowest BCUT2D eigenvalue weighted by Crippen LogP contribution is -2.55. The zero-order chi connectivity index (χ0) is 22.0. The van der Waals surface area contributed by atoms with Crippen LogP contribution in [-0.4, -0.2) is 69.4 Å². The first-order chi connectivity index (χ1) is 14.8. The summed E-state index contributed by atoms with van der Waals surface area (Å²) in [6.07, 6.45) is 1.13.